The molecule has 0 saturated heterocycles. The van der Waals surface area contributed by atoms with E-state index in [2.05, 4.69) is 15.6 Å². The van der Waals surface area contributed by atoms with E-state index in [4.69, 9.17) is 5.11 Å². The summed E-state index contributed by atoms with van der Waals surface area (Å²) in [5.74, 6) is 0.336. The molecule has 0 bridgehead atoms. The molecule has 0 rings (SSSR count). The van der Waals surface area contributed by atoms with Crippen molar-refractivity contribution in [2.24, 2.45) is 10.4 Å². The summed E-state index contributed by atoms with van der Waals surface area (Å²) in [5.41, 5.74) is -0.383. The average molecular weight is 397 g/mol. The van der Waals surface area contributed by atoms with Crippen LogP contribution < -0.4 is 10.6 Å². The quantitative estimate of drug-likeness (QED) is 0.366. The maximum Gasteiger partial charge on any atom is 0.390 e. The van der Waals surface area contributed by atoms with Crippen LogP contribution in [0, 0.1) is 5.41 Å². The van der Waals surface area contributed by atoms with Crippen molar-refractivity contribution in [3.63, 3.8) is 0 Å². The van der Waals surface area contributed by atoms with Gasteiger partial charge in [0.15, 0.2) is 5.96 Å². The number of rotatable bonds is 6. The zero-order valence-electron chi connectivity index (χ0n) is 11.5. The molecule has 0 saturated carbocycles. The first kappa shape index (κ1) is 21.1. The van der Waals surface area contributed by atoms with Crippen LogP contribution in [0.2, 0.25) is 0 Å². The van der Waals surface area contributed by atoms with E-state index in [1.165, 1.54) is 0 Å². The minimum atomic E-state index is -4.17. The number of guanidine groups is 1. The second-order valence-electron chi connectivity index (χ2n) is 4.81. The smallest absolute Gasteiger partial charge is 0.390 e. The Morgan fingerprint density at radius 2 is 1.79 bits per heavy atom. The lowest BCUT2D eigenvalue weighted by Crippen LogP contribution is -2.39. The third kappa shape index (κ3) is 12.5. The summed E-state index contributed by atoms with van der Waals surface area (Å²) in [6.07, 6.45) is -5.07. The fourth-order valence-corrected chi connectivity index (χ4v) is 1.01. The van der Waals surface area contributed by atoms with Gasteiger partial charge in [-0.1, -0.05) is 13.8 Å². The lowest BCUT2D eigenvalue weighted by molar-refractivity contribution is -0.132. The number of nitrogens with one attached hydrogen (secondary N) is 2. The Labute approximate surface area is 129 Å². The van der Waals surface area contributed by atoms with Gasteiger partial charge in [0.2, 0.25) is 0 Å². The van der Waals surface area contributed by atoms with Gasteiger partial charge < -0.3 is 15.7 Å². The van der Waals surface area contributed by atoms with Crippen LogP contribution in [-0.2, 0) is 0 Å². The van der Waals surface area contributed by atoms with Crippen LogP contribution in [0.1, 0.15) is 27.2 Å². The Balaban J connectivity index is 0. The highest BCUT2D eigenvalue weighted by Gasteiger charge is 2.26. The van der Waals surface area contributed by atoms with E-state index in [0.717, 1.165) is 0 Å². The first-order valence-electron chi connectivity index (χ1n) is 5.90. The Morgan fingerprint density at radius 3 is 2.21 bits per heavy atom. The standard InChI is InChI=1S/C11H22F3N3O.HI/c1-4-15-9(16-6-5-11(12,13)14)17-7-10(2,3)8-18;/h18H,4-8H2,1-3H3,(H2,15,16,17);1H. The molecule has 116 valence electrons. The van der Waals surface area contributed by atoms with Crippen molar-refractivity contribution in [2.45, 2.75) is 33.4 Å². The molecular formula is C11H23F3IN3O. The summed E-state index contributed by atoms with van der Waals surface area (Å²) >= 11 is 0. The van der Waals surface area contributed by atoms with Gasteiger partial charge in [0.1, 0.15) is 0 Å². The summed E-state index contributed by atoms with van der Waals surface area (Å²) in [4.78, 5) is 4.14. The number of hydrogen-bond donors (Lipinski definition) is 3. The number of alkyl halides is 3. The minimum Gasteiger partial charge on any atom is -0.396 e. The van der Waals surface area contributed by atoms with E-state index < -0.39 is 12.6 Å². The molecule has 0 unspecified atom stereocenters. The highest BCUT2D eigenvalue weighted by atomic mass is 127. The van der Waals surface area contributed by atoms with Crippen LogP contribution in [0.15, 0.2) is 4.99 Å². The SMILES string of the molecule is CCNC(=NCC(C)(C)CO)NCCC(F)(F)F.I. The van der Waals surface area contributed by atoms with Gasteiger partial charge in [-0.3, -0.25) is 4.99 Å². The molecule has 0 radical (unpaired) electrons. The zero-order valence-corrected chi connectivity index (χ0v) is 13.8. The van der Waals surface area contributed by atoms with Crippen molar-refractivity contribution < 1.29 is 18.3 Å². The molecule has 0 aromatic rings. The second kappa shape index (κ2) is 9.62. The van der Waals surface area contributed by atoms with Gasteiger partial charge in [0.25, 0.3) is 0 Å². The maximum atomic E-state index is 12.0. The number of halogens is 4. The molecule has 0 aliphatic rings. The molecule has 0 amide bonds. The summed E-state index contributed by atoms with van der Waals surface area (Å²) in [6, 6.07) is 0. The average Bonchev–Trinajstić information content (AvgIpc) is 2.24. The van der Waals surface area contributed by atoms with Gasteiger partial charge in [-0.25, -0.2) is 0 Å². The van der Waals surface area contributed by atoms with Crippen LogP contribution in [0.4, 0.5) is 13.2 Å². The fourth-order valence-electron chi connectivity index (χ4n) is 1.01. The van der Waals surface area contributed by atoms with E-state index in [1.54, 1.807) is 0 Å². The number of aliphatic hydroxyl groups is 1. The van der Waals surface area contributed by atoms with Crippen LogP contribution >= 0.6 is 24.0 Å². The Morgan fingerprint density at radius 1 is 1.21 bits per heavy atom. The maximum absolute atomic E-state index is 12.0. The topological polar surface area (TPSA) is 56.7 Å². The normalized spacial score (nSPS) is 12.9. The number of aliphatic imine (C=N–C) groups is 1. The molecule has 0 heterocycles. The third-order valence-corrected chi connectivity index (χ3v) is 2.14. The molecule has 0 aromatic carbocycles. The van der Waals surface area contributed by atoms with Gasteiger partial charge in [-0.2, -0.15) is 13.2 Å². The number of hydrogen-bond acceptors (Lipinski definition) is 2. The highest BCUT2D eigenvalue weighted by molar-refractivity contribution is 14.0. The molecule has 0 aliphatic carbocycles. The van der Waals surface area contributed by atoms with E-state index in [1.807, 2.05) is 20.8 Å². The van der Waals surface area contributed by atoms with Crippen molar-refractivity contribution in [1.82, 2.24) is 10.6 Å². The molecule has 0 aromatic heterocycles. The van der Waals surface area contributed by atoms with E-state index in [0.29, 0.717) is 19.0 Å². The Hall–Kier alpha value is -0.250. The van der Waals surface area contributed by atoms with Crippen molar-refractivity contribution in [3.8, 4) is 0 Å². The monoisotopic (exact) mass is 397 g/mol. The van der Waals surface area contributed by atoms with Crippen LogP contribution in [-0.4, -0.2) is 43.5 Å². The summed E-state index contributed by atoms with van der Waals surface area (Å²) in [6.45, 7) is 6.15. The molecule has 0 spiro atoms. The van der Waals surface area contributed by atoms with Gasteiger partial charge in [0, 0.05) is 25.1 Å². The van der Waals surface area contributed by atoms with Crippen molar-refractivity contribution in [1.29, 1.82) is 0 Å². The van der Waals surface area contributed by atoms with Crippen molar-refractivity contribution in [2.75, 3.05) is 26.2 Å². The van der Waals surface area contributed by atoms with Crippen LogP contribution in [0.5, 0.6) is 0 Å². The second-order valence-corrected chi connectivity index (χ2v) is 4.81. The predicted octanol–water partition coefficient (Wildman–Crippen LogP) is 2.13. The van der Waals surface area contributed by atoms with Crippen LogP contribution in [0.25, 0.3) is 0 Å². The predicted molar refractivity (Wildman–Crippen MR) is 80.9 cm³/mol. The van der Waals surface area contributed by atoms with Gasteiger partial charge in [0.05, 0.1) is 13.0 Å². The zero-order chi connectivity index (χ0) is 14.2. The summed E-state index contributed by atoms with van der Waals surface area (Å²) in [5, 5.41) is 14.5. The van der Waals surface area contributed by atoms with Crippen LogP contribution in [0.3, 0.4) is 0 Å². The molecular weight excluding hydrogens is 374 g/mol. The number of nitrogens with zero attached hydrogens (tertiary/aromatic N) is 1. The lowest BCUT2D eigenvalue weighted by atomic mass is 9.95. The first-order valence-corrected chi connectivity index (χ1v) is 5.90. The Bertz CT molecular complexity index is 270. The molecule has 0 atom stereocenters. The number of aliphatic hydroxyl groups excluding tert-OH is 1. The molecule has 8 heteroatoms. The van der Waals surface area contributed by atoms with Crippen molar-refractivity contribution in [3.05, 3.63) is 0 Å². The minimum absolute atomic E-state index is 0. The summed E-state index contributed by atoms with van der Waals surface area (Å²) in [7, 11) is 0. The molecule has 0 fully saturated rings. The van der Waals surface area contributed by atoms with E-state index in [9.17, 15) is 13.2 Å². The molecule has 19 heavy (non-hydrogen) atoms. The van der Waals surface area contributed by atoms with Gasteiger partial charge in [-0.15, -0.1) is 24.0 Å². The lowest BCUT2D eigenvalue weighted by Gasteiger charge is -2.20. The first-order chi connectivity index (χ1) is 8.20. The molecule has 4 nitrogen and oxygen atoms in total. The molecule has 0 aliphatic heterocycles. The largest absolute Gasteiger partial charge is 0.396 e. The van der Waals surface area contributed by atoms with E-state index >= 15 is 0 Å². The summed E-state index contributed by atoms with van der Waals surface area (Å²) < 4.78 is 36.0. The Kier molecular flexibility index (Phi) is 10.7. The highest BCUT2D eigenvalue weighted by Crippen LogP contribution is 2.18. The van der Waals surface area contributed by atoms with E-state index in [-0.39, 0.29) is 42.5 Å². The van der Waals surface area contributed by atoms with Crippen molar-refractivity contribution >= 4 is 29.9 Å². The van der Waals surface area contributed by atoms with Gasteiger partial charge in [-0.05, 0) is 6.92 Å². The fraction of sp³-hybridized carbons (Fsp3) is 0.909. The van der Waals surface area contributed by atoms with Gasteiger partial charge >= 0.3 is 6.18 Å². The molecule has 3 N–H and O–H groups in total. The third-order valence-electron chi connectivity index (χ3n) is 2.14.